The molecule has 0 radical (unpaired) electrons. The van der Waals surface area contributed by atoms with Crippen molar-refractivity contribution in [2.45, 2.75) is 69.8 Å². The van der Waals surface area contributed by atoms with E-state index in [1.165, 1.54) is 19.3 Å². The summed E-state index contributed by atoms with van der Waals surface area (Å²) in [5, 5.41) is 13.8. The van der Waals surface area contributed by atoms with Gasteiger partial charge in [0.2, 0.25) is 5.91 Å². The van der Waals surface area contributed by atoms with Crippen molar-refractivity contribution in [1.29, 1.82) is 0 Å². The van der Waals surface area contributed by atoms with Gasteiger partial charge in [0.05, 0.1) is 5.60 Å². The standard InChI is InChI=1S/C16H30N2O2/c19-15(18-12-6-3-7-13-18)8-11-17-14-16(20)9-4-1-2-5-10-16/h17,20H,1-14H2. The van der Waals surface area contributed by atoms with Crippen molar-refractivity contribution < 1.29 is 9.90 Å². The van der Waals surface area contributed by atoms with Gasteiger partial charge in [0.15, 0.2) is 0 Å². The highest BCUT2D eigenvalue weighted by Crippen LogP contribution is 2.26. The van der Waals surface area contributed by atoms with E-state index in [1.54, 1.807) is 0 Å². The summed E-state index contributed by atoms with van der Waals surface area (Å²) < 4.78 is 0. The highest BCUT2D eigenvalue weighted by molar-refractivity contribution is 5.76. The van der Waals surface area contributed by atoms with Crippen LogP contribution in [0.5, 0.6) is 0 Å². The van der Waals surface area contributed by atoms with Crippen LogP contribution in [-0.2, 0) is 4.79 Å². The van der Waals surface area contributed by atoms with Gasteiger partial charge in [0, 0.05) is 32.6 Å². The van der Waals surface area contributed by atoms with Crippen molar-refractivity contribution in [3.63, 3.8) is 0 Å². The quantitative estimate of drug-likeness (QED) is 0.599. The van der Waals surface area contributed by atoms with Gasteiger partial charge in [-0.15, -0.1) is 0 Å². The van der Waals surface area contributed by atoms with E-state index in [1.807, 2.05) is 4.90 Å². The van der Waals surface area contributed by atoms with Crippen LogP contribution in [0.15, 0.2) is 0 Å². The maximum atomic E-state index is 12.0. The summed E-state index contributed by atoms with van der Waals surface area (Å²) in [5.74, 6) is 0.269. The number of aliphatic hydroxyl groups is 1. The van der Waals surface area contributed by atoms with E-state index in [-0.39, 0.29) is 5.91 Å². The molecule has 0 aromatic carbocycles. The predicted octanol–water partition coefficient (Wildman–Crippen LogP) is 2.06. The molecule has 1 heterocycles. The Morgan fingerprint density at radius 1 is 1.00 bits per heavy atom. The molecule has 0 unspecified atom stereocenters. The van der Waals surface area contributed by atoms with Crippen LogP contribution in [0, 0.1) is 0 Å². The van der Waals surface area contributed by atoms with E-state index < -0.39 is 5.60 Å². The van der Waals surface area contributed by atoms with Crippen LogP contribution in [-0.4, -0.2) is 47.7 Å². The van der Waals surface area contributed by atoms with E-state index in [0.29, 0.717) is 19.5 Å². The minimum absolute atomic E-state index is 0.269. The van der Waals surface area contributed by atoms with Gasteiger partial charge in [-0.25, -0.2) is 0 Å². The lowest BCUT2D eigenvalue weighted by molar-refractivity contribution is -0.132. The van der Waals surface area contributed by atoms with Gasteiger partial charge in [-0.1, -0.05) is 25.7 Å². The molecule has 4 nitrogen and oxygen atoms in total. The number of nitrogens with one attached hydrogen (secondary N) is 1. The van der Waals surface area contributed by atoms with Crippen LogP contribution >= 0.6 is 0 Å². The van der Waals surface area contributed by atoms with E-state index in [9.17, 15) is 9.90 Å². The summed E-state index contributed by atoms with van der Waals surface area (Å²) >= 11 is 0. The summed E-state index contributed by atoms with van der Waals surface area (Å²) in [6, 6.07) is 0. The lowest BCUT2D eigenvalue weighted by Gasteiger charge is -2.28. The fraction of sp³-hybridized carbons (Fsp3) is 0.938. The number of carbonyl (C=O) groups is 1. The van der Waals surface area contributed by atoms with Gasteiger partial charge in [-0.2, -0.15) is 0 Å². The SMILES string of the molecule is O=C(CCNCC1(O)CCCCCC1)N1CCCCC1. The first kappa shape index (κ1) is 15.8. The molecule has 2 aliphatic rings. The Bertz CT molecular complexity index is 293. The number of amides is 1. The zero-order valence-corrected chi connectivity index (χ0v) is 12.7. The first-order valence-electron chi connectivity index (χ1n) is 8.41. The molecule has 2 fully saturated rings. The lowest BCUT2D eigenvalue weighted by Crippen LogP contribution is -2.42. The molecule has 20 heavy (non-hydrogen) atoms. The summed E-state index contributed by atoms with van der Waals surface area (Å²) in [7, 11) is 0. The summed E-state index contributed by atoms with van der Waals surface area (Å²) in [4.78, 5) is 14.0. The first-order valence-corrected chi connectivity index (χ1v) is 8.41. The number of nitrogens with zero attached hydrogens (tertiary/aromatic N) is 1. The molecule has 0 aromatic heterocycles. The second-order valence-corrected chi connectivity index (χ2v) is 6.51. The zero-order valence-electron chi connectivity index (χ0n) is 12.7. The van der Waals surface area contributed by atoms with Crippen molar-refractivity contribution in [2.75, 3.05) is 26.2 Å². The first-order chi connectivity index (χ1) is 9.70. The summed E-state index contributed by atoms with van der Waals surface area (Å²) in [5.41, 5.74) is -0.537. The average molecular weight is 282 g/mol. The van der Waals surface area contributed by atoms with E-state index in [0.717, 1.165) is 51.6 Å². The largest absolute Gasteiger partial charge is 0.389 e. The molecule has 1 saturated carbocycles. The third-order valence-electron chi connectivity index (χ3n) is 4.71. The normalized spacial score (nSPS) is 23.4. The van der Waals surface area contributed by atoms with Crippen LogP contribution in [0.4, 0.5) is 0 Å². The van der Waals surface area contributed by atoms with E-state index in [2.05, 4.69) is 5.32 Å². The Morgan fingerprint density at radius 3 is 2.25 bits per heavy atom. The van der Waals surface area contributed by atoms with Gasteiger partial charge in [-0.3, -0.25) is 4.79 Å². The molecule has 0 spiro atoms. The third-order valence-corrected chi connectivity index (χ3v) is 4.71. The van der Waals surface area contributed by atoms with Crippen molar-refractivity contribution in [3.05, 3.63) is 0 Å². The summed E-state index contributed by atoms with van der Waals surface area (Å²) in [6.45, 7) is 3.20. The van der Waals surface area contributed by atoms with Gasteiger partial charge in [0.25, 0.3) is 0 Å². The number of likely N-dealkylation sites (tertiary alicyclic amines) is 1. The van der Waals surface area contributed by atoms with Crippen molar-refractivity contribution in [2.24, 2.45) is 0 Å². The molecule has 4 heteroatoms. The fourth-order valence-corrected chi connectivity index (χ4v) is 3.38. The van der Waals surface area contributed by atoms with Crippen molar-refractivity contribution >= 4 is 5.91 Å². The number of rotatable bonds is 5. The molecule has 2 rings (SSSR count). The monoisotopic (exact) mass is 282 g/mol. The van der Waals surface area contributed by atoms with Gasteiger partial charge < -0.3 is 15.3 Å². The van der Waals surface area contributed by atoms with Crippen LogP contribution < -0.4 is 5.32 Å². The van der Waals surface area contributed by atoms with E-state index in [4.69, 9.17) is 0 Å². The summed E-state index contributed by atoms with van der Waals surface area (Å²) in [6.07, 6.45) is 10.7. The highest BCUT2D eigenvalue weighted by atomic mass is 16.3. The molecule has 2 N–H and O–H groups in total. The number of hydrogen-bond donors (Lipinski definition) is 2. The maximum Gasteiger partial charge on any atom is 0.223 e. The van der Waals surface area contributed by atoms with Crippen LogP contribution in [0.25, 0.3) is 0 Å². The molecule has 1 aliphatic carbocycles. The van der Waals surface area contributed by atoms with Gasteiger partial charge in [0.1, 0.15) is 0 Å². The predicted molar refractivity (Wildman–Crippen MR) is 80.6 cm³/mol. The van der Waals surface area contributed by atoms with Crippen LogP contribution in [0.2, 0.25) is 0 Å². The number of piperidine rings is 1. The lowest BCUT2D eigenvalue weighted by atomic mass is 9.94. The Balaban J connectivity index is 1.61. The molecule has 116 valence electrons. The fourth-order valence-electron chi connectivity index (χ4n) is 3.38. The van der Waals surface area contributed by atoms with E-state index >= 15 is 0 Å². The molecular formula is C16H30N2O2. The van der Waals surface area contributed by atoms with Crippen molar-refractivity contribution in [1.82, 2.24) is 10.2 Å². The van der Waals surface area contributed by atoms with Gasteiger partial charge in [-0.05, 0) is 32.1 Å². The molecule has 0 atom stereocenters. The van der Waals surface area contributed by atoms with Crippen LogP contribution in [0.3, 0.4) is 0 Å². The molecule has 0 aromatic rings. The maximum absolute atomic E-state index is 12.0. The highest BCUT2D eigenvalue weighted by Gasteiger charge is 2.27. The second kappa shape index (κ2) is 7.99. The Morgan fingerprint density at radius 2 is 1.60 bits per heavy atom. The molecule has 1 aliphatic heterocycles. The minimum atomic E-state index is -0.537. The number of carbonyl (C=O) groups excluding carboxylic acids is 1. The third kappa shape index (κ3) is 5.06. The Hall–Kier alpha value is -0.610. The molecule has 1 amide bonds. The Kier molecular flexibility index (Phi) is 6.30. The molecule has 0 bridgehead atoms. The number of hydrogen-bond acceptors (Lipinski definition) is 3. The average Bonchev–Trinajstić information content (AvgIpc) is 2.69. The molecule has 1 saturated heterocycles. The minimum Gasteiger partial charge on any atom is -0.389 e. The second-order valence-electron chi connectivity index (χ2n) is 6.51. The topological polar surface area (TPSA) is 52.6 Å². The smallest absolute Gasteiger partial charge is 0.223 e. The van der Waals surface area contributed by atoms with Crippen LogP contribution in [0.1, 0.15) is 64.2 Å². The molecular weight excluding hydrogens is 252 g/mol. The van der Waals surface area contributed by atoms with Crippen molar-refractivity contribution in [3.8, 4) is 0 Å². The zero-order chi connectivity index (χ0) is 14.3. The van der Waals surface area contributed by atoms with Gasteiger partial charge >= 0.3 is 0 Å². The Labute approximate surface area is 122 Å².